The fourth-order valence-electron chi connectivity index (χ4n) is 2.10. The van der Waals surface area contributed by atoms with E-state index in [1.807, 2.05) is 30.3 Å². The van der Waals surface area contributed by atoms with Crippen molar-refractivity contribution >= 4 is 17.3 Å². The highest BCUT2D eigenvalue weighted by atomic mass is 35.5. The molecule has 0 fully saturated rings. The maximum atomic E-state index is 12.3. The molecule has 0 aliphatic rings. The molecule has 0 spiro atoms. The zero-order chi connectivity index (χ0) is 17.2. The Balaban J connectivity index is 1.87. The molecule has 0 aliphatic heterocycles. The first kappa shape index (κ1) is 18.4. The van der Waals surface area contributed by atoms with Gasteiger partial charge in [-0.05, 0) is 12.0 Å². The van der Waals surface area contributed by atoms with E-state index in [1.54, 1.807) is 13.3 Å². The third-order valence-corrected chi connectivity index (χ3v) is 3.74. The molecule has 2 aromatic rings. The normalized spacial score (nSPS) is 10.8. The lowest BCUT2D eigenvalue weighted by Gasteiger charge is -2.10. The predicted octanol–water partition coefficient (Wildman–Crippen LogP) is 2.41. The van der Waals surface area contributed by atoms with E-state index in [9.17, 15) is 4.79 Å². The number of methoxy groups -OCH3 is 1. The summed E-state index contributed by atoms with van der Waals surface area (Å²) in [6.07, 6.45) is 2.38. The number of anilines is 1. The maximum Gasteiger partial charge on any atom is 0.287 e. The zero-order valence-electron chi connectivity index (χ0n) is 13.7. The van der Waals surface area contributed by atoms with E-state index < -0.39 is 0 Å². The quantitative estimate of drug-likeness (QED) is 0.666. The van der Waals surface area contributed by atoms with E-state index in [0.29, 0.717) is 38.6 Å². The van der Waals surface area contributed by atoms with Gasteiger partial charge in [0.25, 0.3) is 5.56 Å². The molecule has 0 radical (unpaired) electrons. The van der Waals surface area contributed by atoms with E-state index in [2.05, 4.69) is 10.4 Å². The summed E-state index contributed by atoms with van der Waals surface area (Å²) in [7, 11) is 1.64. The van der Waals surface area contributed by atoms with E-state index in [-0.39, 0.29) is 10.6 Å². The molecule has 130 valence electrons. The van der Waals surface area contributed by atoms with Crippen LogP contribution in [0.4, 0.5) is 5.69 Å². The van der Waals surface area contributed by atoms with Crippen LogP contribution in [0.2, 0.25) is 5.02 Å². The Bertz CT molecular complexity index is 677. The first-order chi connectivity index (χ1) is 11.7. The van der Waals surface area contributed by atoms with Gasteiger partial charge in [0, 0.05) is 20.3 Å². The lowest BCUT2D eigenvalue weighted by molar-refractivity contribution is 0.0705. The van der Waals surface area contributed by atoms with Gasteiger partial charge in [0.1, 0.15) is 5.02 Å². The largest absolute Gasteiger partial charge is 0.382 e. The van der Waals surface area contributed by atoms with E-state index >= 15 is 0 Å². The average molecular weight is 352 g/mol. The molecule has 0 saturated carbocycles. The molecular formula is C17H22ClN3O3. The summed E-state index contributed by atoms with van der Waals surface area (Å²) >= 11 is 6.16. The second-order valence-electron chi connectivity index (χ2n) is 5.21. The summed E-state index contributed by atoms with van der Waals surface area (Å²) in [5.41, 5.74) is 1.24. The Morgan fingerprint density at radius 2 is 2.00 bits per heavy atom. The molecule has 0 saturated heterocycles. The van der Waals surface area contributed by atoms with Crippen molar-refractivity contribution in [2.75, 3.05) is 38.8 Å². The Labute approximate surface area is 146 Å². The zero-order valence-corrected chi connectivity index (χ0v) is 14.5. The van der Waals surface area contributed by atoms with Gasteiger partial charge in [0.05, 0.1) is 31.6 Å². The molecule has 6 nitrogen and oxygen atoms in total. The highest BCUT2D eigenvalue weighted by Crippen LogP contribution is 2.15. The minimum absolute atomic E-state index is 0.154. The van der Waals surface area contributed by atoms with Crippen LogP contribution in [0.1, 0.15) is 12.0 Å². The van der Waals surface area contributed by atoms with Crippen LogP contribution >= 0.6 is 11.6 Å². The molecule has 1 N–H and O–H groups in total. The number of nitrogens with one attached hydrogen (secondary N) is 1. The standard InChI is InChI=1S/C17H22ClN3O3/c1-23-10-11-24-9-5-8-19-15-12-20-21(17(22)16(15)18)13-14-6-3-2-4-7-14/h2-4,6-7,12,19H,5,8-11,13H2,1H3. The van der Waals surface area contributed by atoms with Crippen LogP contribution in [0.3, 0.4) is 0 Å². The third kappa shape index (κ3) is 5.63. The number of hydrogen-bond acceptors (Lipinski definition) is 5. The SMILES string of the molecule is COCCOCCCNc1cnn(Cc2ccccc2)c(=O)c1Cl. The van der Waals surface area contributed by atoms with Gasteiger partial charge in [-0.15, -0.1) is 0 Å². The summed E-state index contributed by atoms with van der Waals surface area (Å²) in [5, 5.41) is 7.45. The van der Waals surface area contributed by atoms with Gasteiger partial charge in [-0.2, -0.15) is 5.10 Å². The van der Waals surface area contributed by atoms with Crippen LogP contribution in [0, 0.1) is 0 Å². The highest BCUT2D eigenvalue weighted by molar-refractivity contribution is 6.32. The number of halogens is 1. The molecule has 2 rings (SSSR count). The monoisotopic (exact) mass is 351 g/mol. The van der Waals surface area contributed by atoms with E-state index in [0.717, 1.165) is 12.0 Å². The molecule has 0 unspecified atom stereocenters. The molecule has 0 atom stereocenters. The highest BCUT2D eigenvalue weighted by Gasteiger charge is 2.09. The summed E-state index contributed by atoms with van der Waals surface area (Å²) < 4.78 is 11.6. The summed E-state index contributed by atoms with van der Waals surface area (Å²) in [6.45, 7) is 2.83. The first-order valence-electron chi connectivity index (χ1n) is 7.82. The molecule has 1 aromatic heterocycles. The molecular weight excluding hydrogens is 330 g/mol. The van der Waals surface area contributed by atoms with E-state index in [1.165, 1.54) is 4.68 Å². The van der Waals surface area contributed by atoms with Gasteiger partial charge < -0.3 is 14.8 Å². The number of benzene rings is 1. The topological polar surface area (TPSA) is 65.4 Å². The summed E-state index contributed by atoms with van der Waals surface area (Å²) in [6, 6.07) is 9.66. The Hall–Kier alpha value is -1.89. The smallest absolute Gasteiger partial charge is 0.287 e. The van der Waals surface area contributed by atoms with Gasteiger partial charge in [0.15, 0.2) is 0 Å². The molecule has 1 heterocycles. The Morgan fingerprint density at radius 1 is 1.21 bits per heavy atom. The average Bonchev–Trinajstić information content (AvgIpc) is 2.61. The van der Waals surface area contributed by atoms with Crippen molar-refractivity contribution in [3.63, 3.8) is 0 Å². The molecule has 0 amide bonds. The van der Waals surface area contributed by atoms with Gasteiger partial charge >= 0.3 is 0 Å². The second kappa shape index (κ2) is 10.1. The fraction of sp³-hybridized carbons (Fsp3) is 0.412. The number of ether oxygens (including phenoxy) is 2. The lowest BCUT2D eigenvalue weighted by Crippen LogP contribution is -2.25. The molecule has 1 aromatic carbocycles. The van der Waals surface area contributed by atoms with Crippen molar-refractivity contribution < 1.29 is 9.47 Å². The number of hydrogen-bond donors (Lipinski definition) is 1. The van der Waals surface area contributed by atoms with Gasteiger partial charge in [-0.25, -0.2) is 4.68 Å². The Kier molecular flexibility index (Phi) is 7.74. The maximum absolute atomic E-state index is 12.3. The molecule has 0 bridgehead atoms. The van der Waals surface area contributed by atoms with Gasteiger partial charge in [-0.1, -0.05) is 41.9 Å². The van der Waals surface area contributed by atoms with Gasteiger partial charge in [0.2, 0.25) is 0 Å². The van der Waals surface area contributed by atoms with Crippen LogP contribution in [0.5, 0.6) is 0 Å². The van der Waals surface area contributed by atoms with Crippen LogP contribution < -0.4 is 10.9 Å². The molecule has 7 heteroatoms. The minimum Gasteiger partial charge on any atom is -0.382 e. The van der Waals surface area contributed by atoms with Crippen molar-refractivity contribution in [3.8, 4) is 0 Å². The van der Waals surface area contributed by atoms with Crippen LogP contribution in [0.25, 0.3) is 0 Å². The van der Waals surface area contributed by atoms with Crippen molar-refractivity contribution in [1.82, 2.24) is 9.78 Å². The van der Waals surface area contributed by atoms with E-state index in [4.69, 9.17) is 21.1 Å². The van der Waals surface area contributed by atoms with Crippen molar-refractivity contribution in [2.24, 2.45) is 0 Å². The predicted molar refractivity (Wildman–Crippen MR) is 94.9 cm³/mol. The summed E-state index contributed by atoms with van der Waals surface area (Å²) in [5.74, 6) is 0. The Morgan fingerprint density at radius 3 is 2.75 bits per heavy atom. The van der Waals surface area contributed by atoms with Crippen LogP contribution in [-0.4, -0.2) is 43.3 Å². The van der Waals surface area contributed by atoms with Crippen LogP contribution in [0.15, 0.2) is 41.3 Å². The lowest BCUT2D eigenvalue weighted by atomic mass is 10.2. The summed E-state index contributed by atoms with van der Waals surface area (Å²) in [4.78, 5) is 12.3. The van der Waals surface area contributed by atoms with Crippen molar-refractivity contribution in [3.05, 3.63) is 57.5 Å². The minimum atomic E-state index is -0.304. The number of nitrogens with zero attached hydrogens (tertiary/aromatic N) is 2. The van der Waals surface area contributed by atoms with Crippen molar-refractivity contribution in [2.45, 2.75) is 13.0 Å². The second-order valence-corrected chi connectivity index (χ2v) is 5.58. The van der Waals surface area contributed by atoms with Crippen molar-refractivity contribution in [1.29, 1.82) is 0 Å². The van der Waals surface area contributed by atoms with Crippen LogP contribution in [-0.2, 0) is 16.0 Å². The number of aromatic nitrogens is 2. The number of rotatable bonds is 10. The fourth-order valence-corrected chi connectivity index (χ4v) is 2.31. The van der Waals surface area contributed by atoms with Gasteiger partial charge in [-0.3, -0.25) is 4.79 Å². The molecule has 24 heavy (non-hydrogen) atoms. The molecule has 0 aliphatic carbocycles. The third-order valence-electron chi connectivity index (χ3n) is 3.37. The first-order valence-corrected chi connectivity index (χ1v) is 8.20.